The highest BCUT2D eigenvalue weighted by Crippen LogP contribution is 2.68. The summed E-state index contributed by atoms with van der Waals surface area (Å²) >= 11 is 0. The maximum Gasteiger partial charge on any atom is 0.334 e. The van der Waals surface area contributed by atoms with Gasteiger partial charge in [0.25, 0.3) is 11.4 Å². The molecule has 2 saturated heterocycles. The van der Waals surface area contributed by atoms with Crippen molar-refractivity contribution in [2.75, 3.05) is 16.4 Å². The normalized spacial score (nSPS) is 29.2. The van der Waals surface area contributed by atoms with Gasteiger partial charge in [0.1, 0.15) is 0 Å². The molecule has 14 nitrogen and oxygen atoms in total. The molecule has 0 N–H and O–H groups in total. The molecule has 5 aliphatic rings. The summed E-state index contributed by atoms with van der Waals surface area (Å²) in [7, 11) is 0. The average molecular weight is 589 g/mol. The molecule has 7 rings (SSSR count). The Kier molecular flexibility index (Phi) is 6.08. The smallest absolute Gasteiger partial charge is 0.334 e. The largest absolute Gasteiger partial charge is 0.463 e. The van der Waals surface area contributed by atoms with Crippen LogP contribution in [0.5, 0.6) is 0 Å². The highest BCUT2D eigenvalue weighted by Gasteiger charge is 2.77. The summed E-state index contributed by atoms with van der Waals surface area (Å²) in [5.74, 6) is -9.62. The number of anilines is 2. The van der Waals surface area contributed by atoms with Crippen LogP contribution in [0.2, 0.25) is 0 Å². The second-order valence-electron chi connectivity index (χ2n) is 11.2. The number of carbonyl (C=O) groups excluding carboxylic acids is 5. The van der Waals surface area contributed by atoms with Crippen molar-refractivity contribution in [1.29, 1.82) is 0 Å². The Bertz CT molecular complexity index is 1630. The molecule has 2 heterocycles. The van der Waals surface area contributed by atoms with E-state index in [-0.39, 0.29) is 34.9 Å². The van der Waals surface area contributed by atoms with Crippen molar-refractivity contribution in [1.82, 2.24) is 0 Å². The van der Waals surface area contributed by atoms with Gasteiger partial charge >= 0.3 is 5.97 Å². The first-order valence-electron chi connectivity index (χ1n) is 13.5. The number of amides is 4. The molecule has 2 aromatic carbocycles. The molecule has 0 aromatic heterocycles. The molecule has 0 radical (unpaired) electrons. The third-order valence-electron chi connectivity index (χ3n) is 9.28. The number of carbonyl (C=O) groups is 5. The number of imide groups is 2. The number of non-ortho nitro benzene ring substituents is 2. The van der Waals surface area contributed by atoms with Crippen molar-refractivity contribution in [3.8, 4) is 0 Å². The lowest BCUT2D eigenvalue weighted by Crippen LogP contribution is -2.61. The maximum absolute atomic E-state index is 14.2. The predicted octanol–water partition coefficient (Wildman–Crippen LogP) is 2.94. The molecule has 4 atom stereocenters. The van der Waals surface area contributed by atoms with E-state index in [2.05, 4.69) is 0 Å². The topological polar surface area (TPSA) is 187 Å². The van der Waals surface area contributed by atoms with Gasteiger partial charge in [-0.15, -0.1) is 0 Å². The van der Waals surface area contributed by atoms with E-state index in [0.717, 1.165) is 21.9 Å². The molecular formula is C29H24N4O10. The minimum Gasteiger partial charge on any atom is -0.463 e. The van der Waals surface area contributed by atoms with E-state index in [0.29, 0.717) is 5.57 Å². The number of nitro benzene ring substituents is 2. The van der Waals surface area contributed by atoms with Crippen LogP contribution in [-0.4, -0.2) is 46.1 Å². The Hall–Kier alpha value is -5.27. The fourth-order valence-electron chi connectivity index (χ4n) is 7.81. The monoisotopic (exact) mass is 588 g/mol. The standard InChI is InChI=1S/C29H24N4O10/c1-4-43-28(38)21-13(2)18-19-22(26(36)30(24(19)34)14-7-5-9-16(11-14)32(39)40)29(21,3)23-20(18)25(35)31(27(23)37)15-8-6-10-17(12-15)33(41)42/h5-12,18-20,22-23H,4H2,1-3H3. The lowest BCUT2D eigenvalue weighted by Gasteiger charge is -2.55. The van der Waals surface area contributed by atoms with Crippen LogP contribution in [0.4, 0.5) is 22.7 Å². The minimum atomic E-state index is -1.69. The van der Waals surface area contributed by atoms with Crippen LogP contribution in [-0.2, 0) is 28.7 Å². The molecule has 2 aromatic rings. The van der Waals surface area contributed by atoms with Crippen molar-refractivity contribution in [3.05, 3.63) is 79.9 Å². The SMILES string of the molecule is CCOC(=O)C1=C(C)C2C3C(=O)N(c4cccc([N+](=O)[O-])c4)C(=O)C3C1(C)C1C(=O)N(c3cccc([N+](=O)[O-])c3)C(=O)C21. The Morgan fingerprint density at radius 2 is 1.26 bits per heavy atom. The quantitative estimate of drug-likeness (QED) is 0.210. The van der Waals surface area contributed by atoms with Crippen LogP contribution in [0, 0.1) is 55.2 Å². The number of rotatable bonds is 6. The molecule has 3 aliphatic carbocycles. The maximum atomic E-state index is 14.2. The Morgan fingerprint density at radius 3 is 1.65 bits per heavy atom. The van der Waals surface area contributed by atoms with Crippen LogP contribution in [0.1, 0.15) is 20.8 Å². The number of nitro groups is 2. The van der Waals surface area contributed by atoms with Gasteiger partial charge < -0.3 is 4.74 Å². The van der Waals surface area contributed by atoms with Crippen LogP contribution in [0.25, 0.3) is 0 Å². The van der Waals surface area contributed by atoms with Gasteiger partial charge in [0, 0.05) is 41.2 Å². The first kappa shape index (κ1) is 27.9. The lowest BCUT2D eigenvalue weighted by atomic mass is 9.43. The first-order chi connectivity index (χ1) is 20.4. The van der Waals surface area contributed by atoms with Crippen LogP contribution in [0.15, 0.2) is 59.7 Å². The van der Waals surface area contributed by atoms with E-state index in [9.17, 15) is 44.2 Å². The molecule has 4 unspecified atom stereocenters. The summed E-state index contributed by atoms with van der Waals surface area (Å²) in [6.07, 6.45) is 0. The van der Waals surface area contributed by atoms with Gasteiger partial charge in [-0.2, -0.15) is 0 Å². The van der Waals surface area contributed by atoms with Crippen molar-refractivity contribution in [2.24, 2.45) is 35.0 Å². The van der Waals surface area contributed by atoms with Gasteiger partial charge in [0.05, 0.1) is 51.5 Å². The molecule has 220 valence electrons. The Morgan fingerprint density at radius 1 is 0.814 bits per heavy atom. The highest BCUT2D eigenvalue weighted by molar-refractivity contribution is 6.27. The first-order valence-corrected chi connectivity index (χ1v) is 13.5. The molecular weight excluding hydrogens is 564 g/mol. The van der Waals surface area contributed by atoms with Crippen molar-refractivity contribution in [2.45, 2.75) is 20.8 Å². The molecule has 0 spiro atoms. The third kappa shape index (κ3) is 3.55. The lowest BCUT2D eigenvalue weighted by molar-refractivity contribution is -0.385. The molecule has 43 heavy (non-hydrogen) atoms. The number of hydrogen-bond donors (Lipinski definition) is 0. The molecule has 1 saturated carbocycles. The third-order valence-corrected chi connectivity index (χ3v) is 9.28. The van der Waals surface area contributed by atoms with E-state index >= 15 is 0 Å². The summed E-state index contributed by atoms with van der Waals surface area (Å²) in [5.41, 5.74) is -2.10. The van der Waals surface area contributed by atoms with Crippen molar-refractivity contribution >= 4 is 52.3 Å². The van der Waals surface area contributed by atoms with Gasteiger partial charge in [-0.25, -0.2) is 14.6 Å². The molecule has 14 heteroatoms. The van der Waals surface area contributed by atoms with Gasteiger partial charge in [0.2, 0.25) is 23.6 Å². The Labute approximate surface area is 243 Å². The van der Waals surface area contributed by atoms with Gasteiger partial charge in [-0.1, -0.05) is 24.6 Å². The van der Waals surface area contributed by atoms with E-state index in [1.54, 1.807) is 13.8 Å². The predicted molar refractivity (Wildman–Crippen MR) is 146 cm³/mol. The van der Waals surface area contributed by atoms with Crippen molar-refractivity contribution in [3.63, 3.8) is 0 Å². The van der Waals surface area contributed by atoms with Crippen LogP contribution >= 0.6 is 0 Å². The number of esters is 1. The fraction of sp³-hybridized carbons (Fsp3) is 0.345. The molecule has 4 amide bonds. The summed E-state index contributed by atoms with van der Waals surface area (Å²) in [5, 5.41) is 22.8. The van der Waals surface area contributed by atoms with Crippen LogP contribution < -0.4 is 9.80 Å². The van der Waals surface area contributed by atoms with Gasteiger partial charge in [-0.3, -0.25) is 39.4 Å². The van der Waals surface area contributed by atoms with Gasteiger partial charge in [-0.05, 0) is 26.0 Å². The minimum absolute atomic E-state index is 0.0160. The number of benzene rings is 2. The van der Waals surface area contributed by atoms with E-state index in [4.69, 9.17) is 4.74 Å². The van der Waals surface area contributed by atoms with Gasteiger partial charge in [0.15, 0.2) is 0 Å². The number of allylic oxidation sites excluding steroid dienone is 1. The fourth-order valence-corrected chi connectivity index (χ4v) is 7.81. The van der Waals surface area contributed by atoms with E-state index in [1.807, 2.05) is 0 Å². The Balaban J connectivity index is 1.53. The summed E-state index contributed by atoms with van der Waals surface area (Å²) in [6.45, 7) is 4.64. The zero-order valence-electron chi connectivity index (χ0n) is 23.1. The van der Waals surface area contributed by atoms with Crippen LogP contribution in [0.3, 0.4) is 0 Å². The number of hydrogen-bond acceptors (Lipinski definition) is 10. The highest BCUT2D eigenvalue weighted by atomic mass is 16.6. The molecule has 2 bridgehead atoms. The summed E-state index contributed by atoms with van der Waals surface area (Å²) < 4.78 is 5.33. The van der Waals surface area contributed by atoms with Crippen molar-refractivity contribution < 1.29 is 38.6 Å². The zero-order valence-corrected chi connectivity index (χ0v) is 23.1. The zero-order chi connectivity index (χ0) is 31.1. The molecule has 2 aliphatic heterocycles. The van der Waals surface area contributed by atoms with E-state index < -0.39 is 74.4 Å². The number of nitrogens with zero attached hydrogens (tertiary/aromatic N) is 4. The van der Waals surface area contributed by atoms with E-state index in [1.165, 1.54) is 43.3 Å². The summed E-state index contributed by atoms with van der Waals surface area (Å²) in [6, 6.07) is 10.0. The summed E-state index contributed by atoms with van der Waals surface area (Å²) in [4.78, 5) is 93.1. The number of ether oxygens (including phenoxy) is 1. The average Bonchev–Trinajstić information content (AvgIpc) is 3.39. The molecule has 3 fully saturated rings. The second kappa shape index (κ2) is 9.37. The second-order valence-corrected chi connectivity index (χ2v) is 11.2.